The van der Waals surface area contributed by atoms with Crippen LogP contribution in [0.3, 0.4) is 0 Å². The lowest BCUT2D eigenvalue weighted by Gasteiger charge is -2.10. The zero-order valence-electron chi connectivity index (χ0n) is 10.3. The van der Waals surface area contributed by atoms with E-state index in [9.17, 15) is 4.79 Å². The van der Waals surface area contributed by atoms with Crippen LogP contribution in [0, 0.1) is 5.92 Å². The van der Waals surface area contributed by atoms with Crippen molar-refractivity contribution in [3.8, 4) is 0 Å². The van der Waals surface area contributed by atoms with Crippen LogP contribution in [0.25, 0.3) is 11.0 Å². The molecule has 18 heavy (non-hydrogen) atoms. The number of nitrogens with two attached hydrogens (primary N) is 1. The van der Waals surface area contributed by atoms with E-state index in [-0.39, 0.29) is 11.8 Å². The lowest BCUT2D eigenvalue weighted by Crippen LogP contribution is -2.31. The number of fused-ring (bicyclic) bond motifs is 1. The van der Waals surface area contributed by atoms with Gasteiger partial charge < -0.3 is 11.1 Å². The molecule has 0 aliphatic heterocycles. The molecule has 0 fully saturated rings. The Morgan fingerprint density at radius 2 is 2.17 bits per heavy atom. The first-order valence-electron chi connectivity index (χ1n) is 5.90. The first kappa shape index (κ1) is 12.4. The van der Waals surface area contributed by atoms with Crippen LogP contribution in [0.1, 0.15) is 17.3 Å². The molecule has 0 saturated heterocycles. The van der Waals surface area contributed by atoms with Crippen molar-refractivity contribution < 1.29 is 4.79 Å². The normalized spacial score (nSPS) is 12.3. The Hall–Kier alpha value is -2.01. The summed E-state index contributed by atoms with van der Waals surface area (Å²) in [4.78, 5) is 20.4. The zero-order valence-corrected chi connectivity index (χ0v) is 10.3. The van der Waals surface area contributed by atoms with Crippen molar-refractivity contribution in [3.05, 3.63) is 36.2 Å². The second kappa shape index (κ2) is 5.55. The van der Waals surface area contributed by atoms with Crippen molar-refractivity contribution in [2.45, 2.75) is 6.92 Å². The Labute approximate surface area is 105 Å². The number of nitrogens with one attached hydrogen (secondary N) is 1. The number of para-hydroxylation sites is 1. The fourth-order valence-electron chi connectivity index (χ4n) is 1.62. The van der Waals surface area contributed by atoms with Gasteiger partial charge >= 0.3 is 0 Å². The van der Waals surface area contributed by atoms with Crippen molar-refractivity contribution in [2.24, 2.45) is 11.7 Å². The quantitative estimate of drug-likeness (QED) is 0.839. The summed E-state index contributed by atoms with van der Waals surface area (Å²) < 4.78 is 0. The molecule has 1 atom stereocenters. The maximum absolute atomic E-state index is 12.1. The predicted octanol–water partition coefficient (Wildman–Crippen LogP) is 0.954. The van der Waals surface area contributed by atoms with Gasteiger partial charge in [0.05, 0.1) is 11.1 Å². The molecule has 5 heteroatoms. The van der Waals surface area contributed by atoms with E-state index >= 15 is 0 Å². The second-order valence-electron chi connectivity index (χ2n) is 4.28. The van der Waals surface area contributed by atoms with Gasteiger partial charge in [-0.2, -0.15) is 0 Å². The number of rotatable bonds is 4. The highest BCUT2D eigenvalue weighted by Crippen LogP contribution is 2.13. The molecule has 1 aromatic carbocycles. The van der Waals surface area contributed by atoms with Crippen LogP contribution in [-0.4, -0.2) is 29.0 Å². The van der Waals surface area contributed by atoms with Gasteiger partial charge in [0.25, 0.3) is 5.91 Å². The molecule has 1 unspecified atom stereocenters. The van der Waals surface area contributed by atoms with Gasteiger partial charge in [0.2, 0.25) is 0 Å². The van der Waals surface area contributed by atoms with E-state index in [1.807, 2.05) is 13.0 Å². The van der Waals surface area contributed by atoms with E-state index in [4.69, 9.17) is 5.73 Å². The number of carbonyl (C=O) groups excluding carboxylic acids is 1. The second-order valence-corrected chi connectivity index (χ2v) is 4.28. The molecular weight excluding hydrogens is 228 g/mol. The van der Waals surface area contributed by atoms with Crippen molar-refractivity contribution in [1.82, 2.24) is 15.3 Å². The van der Waals surface area contributed by atoms with E-state index in [1.54, 1.807) is 24.5 Å². The number of nitrogens with zero attached hydrogens (tertiary/aromatic N) is 2. The summed E-state index contributed by atoms with van der Waals surface area (Å²) >= 11 is 0. The van der Waals surface area contributed by atoms with E-state index in [1.165, 1.54) is 0 Å². The Morgan fingerprint density at radius 1 is 1.39 bits per heavy atom. The third-order valence-electron chi connectivity index (χ3n) is 2.76. The van der Waals surface area contributed by atoms with E-state index in [0.29, 0.717) is 24.2 Å². The Morgan fingerprint density at radius 3 is 2.94 bits per heavy atom. The van der Waals surface area contributed by atoms with Crippen molar-refractivity contribution in [2.75, 3.05) is 13.1 Å². The highest BCUT2D eigenvalue weighted by atomic mass is 16.1. The van der Waals surface area contributed by atoms with Gasteiger partial charge in [0.15, 0.2) is 0 Å². The standard InChI is InChI=1S/C13H16N4O/c1-9(7-14)8-17-13(18)10-3-2-4-11-12(10)16-6-5-15-11/h2-6,9H,7-8,14H2,1H3,(H,17,18). The molecule has 1 heterocycles. The van der Waals surface area contributed by atoms with Crippen LogP contribution < -0.4 is 11.1 Å². The largest absolute Gasteiger partial charge is 0.352 e. The third kappa shape index (κ3) is 2.62. The first-order chi connectivity index (χ1) is 8.72. The fraction of sp³-hybridized carbons (Fsp3) is 0.308. The van der Waals surface area contributed by atoms with Crippen LogP contribution in [0.5, 0.6) is 0 Å². The van der Waals surface area contributed by atoms with Crippen molar-refractivity contribution in [3.63, 3.8) is 0 Å². The minimum absolute atomic E-state index is 0.138. The van der Waals surface area contributed by atoms with E-state index in [2.05, 4.69) is 15.3 Å². The highest BCUT2D eigenvalue weighted by molar-refractivity contribution is 6.04. The molecule has 2 aromatic rings. The monoisotopic (exact) mass is 244 g/mol. The van der Waals surface area contributed by atoms with Crippen LogP contribution >= 0.6 is 0 Å². The molecule has 0 spiro atoms. The topological polar surface area (TPSA) is 80.9 Å². The lowest BCUT2D eigenvalue weighted by atomic mass is 10.1. The Balaban J connectivity index is 2.22. The van der Waals surface area contributed by atoms with Gasteiger partial charge in [-0.1, -0.05) is 13.0 Å². The molecule has 2 rings (SSSR count). The van der Waals surface area contributed by atoms with Gasteiger partial charge in [-0.05, 0) is 24.6 Å². The fourth-order valence-corrected chi connectivity index (χ4v) is 1.62. The summed E-state index contributed by atoms with van der Waals surface area (Å²) in [5.74, 6) is 0.122. The van der Waals surface area contributed by atoms with Gasteiger partial charge in [-0.15, -0.1) is 0 Å². The maximum Gasteiger partial charge on any atom is 0.253 e. The van der Waals surface area contributed by atoms with Gasteiger partial charge in [-0.3, -0.25) is 14.8 Å². The van der Waals surface area contributed by atoms with Gasteiger partial charge in [0, 0.05) is 18.9 Å². The predicted molar refractivity (Wildman–Crippen MR) is 70.1 cm³/mol. The number of amides is 1. The smallest absolute Gasteiger partial charge is 0.253 e. The van der Waals surface area contributed by atoms with Gasteiger partial charge in [-0.25, -0.2) is 0 Å². The van der Waals surface area contributed by atoms with E-state index in [0.717, 1.165) is 5.52 Å². The Bertz CT molecular complexity index is 550. The lowest BCUT2D eigenvalue weighted by molar-refractivity contribution is 0.0950. The van der Waals surface area contributed by atoms with Crippen molar-refractivity contribution in [1.29, 1.82) is 0 Å². The number of aromatic nitrogens is 2. The summed E-state index contributed by atoms with van der Waals surface area (Å²) in [7, 11) is 0. The van der Waals surface area contributed by atoms with Crippen LogP contribution in [-0.2, 0) is 0 Å². The molecule has 5 nitrogen and oxygen atoms in total. The molecule has 0 bridgehead atoms. The molecule has 0 radical (unpaired) electrons. The van der Waals surface area contributed by atoms with Crippen LogP contribution in [0.15, 0.2) is 30.6 Å². The number of hydrogen-bond donors (Lipinski definition) is 2. The zero-order chi connectivity index (χ0) is 13.0. The summed E-state index contributed by atoms with van der Waals surface area (Å²) in [5, 5.41) is 2.86. The van der Waals surface area contributed by atoms with Crippen LogP contribution in [0.4, 0.5) is 0 Å². The van der Waals surface area contributed by atoms with E-state index < -0.39 is 0 Å². The molecule has 1 aromatic heterocycles. The molecule has 0 aliphatic rings. The van der Waals surface area contributed by atoms with Crippen LogP contribution in [0.2, 0.25) is 0 Å². The molecule has 3 N–H and O–H groups in total. The number of carbonyl (C=O) groups is 1. The average Bonchev–Trinajstić information content (AvgIpc) is 2.43. The third-order valence-corrected chi connectivity index (χ3v) is 2.76. The first-order valence-corrected chi connectivity index (χ1v) is 5.90. The maximum atomic E-state index is 12.1. The summed E-state index contributed by atoms with van der Waals surface area (Å²) in [6.07, 6.45) is 3.20. The SMILES string of the molecule is CC(CN)CNC(=O)c1cccc2nccnc12. The number of hydrogen-bond acceptors (Lipinski definition) is 4. The number of benzene rings is 1. The van der Waals surface area contributed by atoms with Crippen molar-refractivity contribution >= 4 is 16.9 Å². The average molecular weight is 244 g/mol. The molecule has 1 amide bonds. The molecule has 0 saturated carbocycles. The Kier molecular flexibility index (Phi) is 3.84. The summed E-state index contributed by atoms with van der Waals surface area (Å²) in [5.41, 5.74) is 7.40. The molecular formula is C13H16N4O. The van der Waals surface area contributed by atoms with Gasteiger partial charge in [0.1, 0.15) is 5.52 Å². The minimum Gasteiger partial charge on any atom is -0.352 e. The highest BCUT2D eigenvalue weighted by Gasteiger charge is 2.11. The summed E-state index contributed by atoms with van der Waals surface area (Å²) in [6, 6.07) is 5.39. The molecule has 94 valence electrons. The summed E-state index contributed by atoms with van der Waals surface area (Å²) in [6.45, 7) is 3.10. The minimum atomic E-state index is -0.138. The molecule has 0 aliphatic carbocycles.